The summed E-state index contributed by atoms with van der Waals surface area (Å²) in [6.07, 6.45) is 4.47. The summed E-state index contributed by atoms with van der Waals surface area (Å²) in [7, 11) is 0.905. The lowest BCUT2D eigenvalue weighted by Gasteiger charge is -2.22. The Bertz CT molecular complexity index is 417. The molecule has 0 saturated heterocycles. The number of hydrazine groups is 2. The summed E-state index contributed by atoms with van der Waals surface area (Å²) in [6, 6.07) is 1.17. The SMILES string of the molecule is C=CNN(C)C1=C(N=CCC)N(COCC[Si](C)(C)C)NC1. The predicted octanol–water partition coefficient (Wildman–Crippen LogP) is 2.35. The number of nitrogens with zero attached hydrogens (tertiary/aromatic N) is 3. The number of nitrogens with one attached hydrogen (secondary N) is 2. The van der Waals surface area contributed by atoms with Crippen LogP contribution < -0.4 is 10.9 Å². The first-order valence-electron chi connectivity index (χ1n) is 7.84. The van der Waals surface area contributed by atoms with Gasteiger partial charge in [-0.25, -0.2) is 10.4 Å². The van der Waals surface area contributed by atoms with Crippen molar-refractivity contribution in [2.45, 2.75) is 39.0 Å². The van der Waals surface area contributed by atoms with Crippen LogP contribution in [0.15, 0.2) is 29.3 Å². The van der Waals surface area contributed by atoms with E-state index in [9.17, 15) is 0 Å². The third kappa shape index (κ3) is 6.21. The Balaban J connectivity index is 2.65. The summed E-state index contributed by atoms with van der Waals surface area (Å²) in [6.45, 7) is 14.9. The number of rotatable bonds is 10. The molecular formula is C15H31N5OSi. The van der Waals surface area contributed by atoms with E-state index in [0.29, 0.717) is 13.3 Å². The van der Waals surface area contributed by atoms with Crippen LogP contribution in [0.3, 0.4) is 0 Å². The molecular weight excluding hydrogens is 294 g/mol. The third-order valence-corrected chi connectivity index (χ3v) is 4.96. The Morgan fingerprint density at radius 1 is 1.50 bits per heavy atom. The number of likely N-dealkylation sites (N-methyl/N-ethyl adjacent to an activating group) is 1. The van der Waals surface area contributed by atoms with E-state index in [-0.39, 0.29) is 0 Å². The molecule has 0 atom stereocenters. The van der Waals surface area contributed by atoms with Crippen molar-refractivity contribution in [3.8, 4) is 0 Å². The van der Waals surface area contributed by atoms with Gasteiger partial charge in [0.05, 0.1) is 12.2 Å². The fourth-order valence-electron chi connectivity index (χ4n) is 1.93. The van der Waals surface area contributed by atoms with Gasteiger partial charge < -0.3 is 10.2 Å². The average molecular weight is 326 g/mol. The Morgan fingerprint density at radius 3 is 2.82 bits per heavy atom. The molecule has 7 heteroatoms. The standard InChI is InChI=1S/C15H31N5OSi/c1-7-9-16-15-14(19(3)17-8-2)12-18-20(15)13-21-10-11-22(4,5)6/h8-9,17-18H,2,7,10-13H2,1,3-6H3. The second-order valence-electron chi connectivity index (χ2n) is 6.49. The van der Waals surface area contributed by atoms with Gasteiger partial charge in [-0.05, 0) is 12.5 Å². The highest BCUT2D eigenvalue weighted by Gasteiger charge is 2.24. The van der Waals surface area contributed by atoms with Gasteiger partial charge in [0.2, 0.25) is 0 Å². The molecule has 1 aliphatic heterocycles. The highest BCUT2D eigenvalue weighted by Crippen LogP contribution is 2.18. The van der Waals surface area contributed by atoms with Crippen LogP contribution in [-0.4, -0.2) is 51.2 Å². The van der Waals surface area contributed by atoms with Gasteiger partial charge in [-0.3, -0.25) is 10.0 Å². The van der Waals surface area contributed by atoms with E-state index in [0.717, 1.165) is 24.5 Å². The maximum absolute atomic E-state index is 5.82. The highest BCUT2D eigenvalue weighted by atomic mass is 28.3. The van der Waals surface area contributed by atoms with Gasteiger partial charge in [-0.2, -0.15) is 0 Å². The van der Waals surface area contributed by atoms with E-state index in [4.69, 9.17) is 4.74 Å². The topological polar surface area (TPSA) is 52.1 Å². The molecule has 0 bridgehead atoms. The van der Waals surface area contributed by atoms with Gasteiger partial charge >= 0.3 is 0 Å². The van der Waals surface area contributed by atoms with Gasteiger partial charge in [-0.1, -0.05) is 33.1 Å². The zero-order valence-electron chi connectivity index (χ0n) is 14.6. The van der Waals surface area contributed by atoms with Gasteiger partial charge in [0.25, 0.3) is 0 Å². The Kier molecular flexibility index (Phi) is 7.64. The summed E-state index contributed by atoms with van der Waals surface area (Å²) >= 11 is 0. The van der Waals surface area contributed by atoms with Crippen molar-refractivity contribution in [2.24, 2.45) is 4.99 Å². The lowest BCUT2D eigenvalue weighted by Crippen LogP contribution is -2.34. The van der Waals surface area contributed by atoms with Crippen LogP contribution in [0.5, 0.6) is 0 Å². The Labute approximate surface area is 135 Å². The lowest BCUT2D eigenvalue weighted by atomic mass is 10.4. The molecule has 6 nitrogen and oxygen atoms in total. The third-order valence-electron chi connectivity index (χ3n) is 3.25. The molecule has 0 saturated carbocycles. The molecule has 0 amide bonds. The molecule has 1 heterocycles. The molecule has 0 aliphatic carbocycles. The highest BCUT2D eigenvalue weighted by molar-refractivity contribution is 6.76. The molecule has 0 fully saturated rings. The van der Waals surface area contributed by atoms with E-state index in [1.165, 1.54) is 6.04 Å². The number of hydrogen-bond acceptors (Lipinski definition) is 6. The Hall–Kier alpha value is -1.31. The lowest BCUT2D eigenvalue weighted by molar-refractivity contribution is 0.0354. The zero-order valence-corrected chi connectivity index (χ0v) is 15.6. The minimum atomic E-state index is -1.05. The normalized spacial score (nSPS) is 15.8. The molecule has 0 spiro atoms. The van der Waals surface area contributed by atoms with Crippen LogP contribution in [0.2, 0.25) is 25.7 Å². The maximum Gasteiger partial charge on any atom is 0.167 e. The monoisotopic (exact) mass is 325 g/mol. The summed E-state index contributed by atoms with van der Waals surface area (Å²) in [4.78, 5) is 4.57. The number of ether oxygens (including phenoxy) is 1. The molecule has 0 aromatic carbocycles. The van der Waals surface area contributed by atoms with Crippen LogP contribution in [0.4, 0.5) is 0 Å². The van der Waals surface area contributed by atoms with Gasteiger partial charge in [-0.15, -0.1) is 0 Å². The van der Waals surface area contributed by atoms with Gasteiger partial charge in [0, 0.05) is 34.1 Å². The van der Waals surface area contributed by atoms with Crippen molar-refractivity contribution >= 4 is 14.3 Å². The second-order valence-corrected chi connectivity index (χ2v) is 12.1. The molecule has 0 unspecified atom stereocenters. The predicted molar refractivity (Wildman–Crippen MR) is 95.7 cm³/mol. The van der Waals surface area contributed by atoms with Crippen LogP contribution in [0.1, 0.15) is 13.3 Å². The summed E-state index contributed by atoms with van der Waals surface area (Å²) in [5, 5.41) is 3.89. The minimum absolute atomic E-state index is 0.506. The van der Waals surface area contributed by atoms with E-state index in [1.807, 2.05) is 23.3 Å². The summed E-state index contributed by atoms with van der Waals surface area (Å²) in [5.41, 5.74) is 7.45. The van der Waals surface area contributed by atoms with Crippen molar-refractivity contribution in [1.82, 2.24) is 20.9 Å². The van der Waals surface area contributed by atoms with Gasteiger partial charge in [0.1, 0.15) is 6.73 Å². The molecule has 1 aliphatic rings. The van der Waals surface area contributed by atoms with Crippen LogP contribution in [0, 0.1) is 0 Å². The van der Waals surface area contributed by atoms with Crippen molar-refractivity contribution in [3.05, 3.63) is 24.3 Å². The molecule has 1 rings (SSSR count). The average Bonchev–Trinajstić information content (AvgIpc) is 2.83. The quantitative estimate of drug-likeness (QED) is 0.279. The Morgan fingerprint density at radius 2 is 2.23 bits per heavy atom. The molecule has 22 heavy (non-hydrogen) atoms. The number of hydrogen-bond donors (Lipinski definition) is 2. The molecule has 2 N–H and O–H groups in total. The van der Waals surface area contributed by atoms with Crippen molar-refractivity contribution < 1.29 is 4.74 Å². The summed E-state index contributed by atoms with van der Waals surface area (Å²) in [5.74, 6) is 0.895. The smallest absolute Gasteiger partial charge is 0.167 e. The molecule has 0 radical (unpaired) electrons. The van der Waals surface area contributed by atoms with Crippen molar-refractivity contribution in [3.63, 3.8) is 0 Å². The zero-order chi connectivity index (χ0) is 16.6. The second kappa shape index (κ2) is 8.97. The summed E-state index contributed by atoms with van der Waals surface area (Å²) < 4.78 is 5.82. The van der Waals surface area contributed by atoms with Crippen molar-refractivity contribution in [2.75, 3.05) is 26.9 Å². The first-order valence-corrected chi connectivity index (χ1v) is 11.5. The van der Waals surface area contributed by atoms with E-state index >= 15 is 0 Å². The molecule has 126 valence electrons. The molecule has 0 aromatic rings. The fraction of sp³-hybridized carbons (Fsp3) is 0.667. The van der Waals surface area contributed by atoms with Crippen molar-refractivity contribution in [1.29, 1.82) is 0 Å². The minimum Gasteiger partial charge on any atom is -0.360 e. The van der Waals surface area contributed by atoms with E-state index in [1.54, 1.807) is 6.20 Å². The maximum atomic E-state index is 5.82. The first kappa shape index (κ1) is 18.7. The van der Waals surface area contributed by atoms with Gasteiger partial charge in [0.15, 0.2) is 5.82 Å². The van der Waals surface area contributed by atoms with E-state index in [2.05, 4.69) is 49.0 Å². The van der Waals surface area contributed by atoms with E-state index < -0.39 is 8.07 Å². The first-order chi connectivity index (χ1) is 10.4. The molecule has 0 aromatic heterocycles. The fourth-order valence-corrected chi connectivity index (χ4v) is 2.68. The van der Waals surface area contributed by atoms with Crippen LogP contribution in [0.25, 0.3) is 0 Å². The van der Waals surface area contributed by atoms with Crippen LogP contribution >= 0.6 is 0 Å². The largest absolute Gasteiger partial charge is 0.360 e. The van der Waals surface area contributed by atoms with Crippen LogP contribution in [-0.2, 0) is 4.74 Å². The number of aliphatic imine (C=N–C) groups is 1.